The van der Waals surface area contributed by atoms with Gasteiger partial charge in [0.15, 0.2) is 0 Å². The molecule has 0 aliphatic carbocycles. The summed E-state index contributed by atoms with van der Waals surface area (Å²) < 4.78 is 1.22. The summed E-state index contributed by atoms with van der Waals surface area (Å²) in [6, 6.07) is 12.1. The maximum atomic E-state index is 6.43. The van der Waals surface area contributed by atoms with E-state index in [1.165, 1.54) is 14.5 Å². The van der Waals surface area contributed by atoms with Crippen molar-refractivity contribution >= 4 is 56.7 Å². The quantitative estimate of drug-likeness (QED) is 0.355. The molecule has 0 bridgehead atoms. The van der Waals surface area contributed by atoms with Crippen molar-refractivity contribution < 1.29 is 0 Å². The first kappa shape index (κ1) is 17.1. The normalized spacial score (nSPS) is 11.3. The Hall–Kier alpha value is -0.750. The highest BCUT2D eigenvalue weighted by Gasteiger charge is 2.15. The van der Waals surface area contributed by atoms with Crippen molar-refractivity contribution in [1.29, 1.82) is 0 Å². The molecule has 0 aliphatic heterocycles. The van der Waals surface area contributed by atoms with Crippen molar-refractivity contribution in [3.05, 3.63) is 55.6 Å². The fourth-order valence-corrected chi connectivity index (χ4v) is 3.84. The van der Waals surface area contributed by atoms with Crippen LogP contribution in [0.3, 0.4) is 0 Å². The molecule has 3 rings (SSSR count). The number of halogens is 3. The number of aryl methyl sites for hydroxylation is 1. The van der Waals surface area contributed by atoms with Gasteiger partial charge < -0.3 is 10.7 Å². The van der Waals surface area contributed by atoms with E-state index in [2.05, 4.69) is 45.8 Å². The predicted octanol–water partition coefficient (Wildman–Crippen LogP) is 6.03. The number of hydrogen-bond donors (Lipinski definition) is 2. The number of H-pyrrole nitrogens is 1. The SMILES string of the molecule is NCCCCc1c(-c2ccc(Cl)cc2Cl)[nH]c2ccc(I)cc12. The molecule has 2 aromatic carbocycles. The third-order valence-electron chi connectivity index (χ3n) is 3.95. The van der Waals surface area contributed by atoms with Gasteiger partial charge in [0.1, 0.15) is 0 Å². The second kappa shape index (κ2) is 7.43. The van der Waals surface area contributed by atoms with Crippen molar-refractivity contribution in [2.75, 3.05) is 6.54 Å². The van der Waals surface area contributed by atoms with Gasteiger partial charge in [-0.2, -0.15) is 0 Å². The van der Waals surface area contributed by atoms with Gasteiger partial charge in [-0.15, -0.1) is 0 Å². The molecule has 0 saturated heterocycles. The van der Waals surface area contributed by atoms with Gasteiger partial charge in [-0.05, 0) is 90.4 Å². The molecule has 120 valence electrons. The lowest BCUT2D eigenvalue weighted by Crippen LogP contribution is -1.99. The highest BCUT2D eigenvalue weighted by atomic mass is 127. The molecular weight excluding hydrogens is 442 g/mol. The van der Waals surface area contributed by atoms with Crippen molar-refractivity contribution in [1.82, 2.24) is 4.98 Å². The van der Waals surface area contributed by atoms with Gasteiger partial charge in [-0.3, -0.25) is 0 Å². The lowest BCUT2D eigenvalue weighted by molar-refractivity contribution is 0.748. The van der Waals surface area contributed by atoms with Crippen LogP contribution in [0.25, 0.3) is 22.2 Å². The number of hydrogen-bond acceptors (Lipinski definition) is 1. The van der Waals surface area contributed by atoms with Crippen LogP contribution in [0, 0.1) is 3.57 Å². The number of unbranched alkanes of at least 4 members (excludes halogenated alkanes) is 1. The minimum Gasteiger partial charge on any atom is -0.354 e. The Kier molecular flexibility index (Phi) is 5.52. The summed E-state index contributed by atoms with van der Waals surface area (Å²) in [5, 5.41) is 2.57. The molecule has 3 N–H and O–H groups in total. The predicted molar refractivity (Wildman–Crippen MR) is 108 cm³/mol. The monoisotopic (exact) mass is 458 g/mol. The fourth-order valence-electron chi connectivity index (χ4n) is 2.85. The van der Waals surface area contributed by atoms with Crippen molar-refractivity contribution in [2.45, 2.75) is 19.3 Å². The maximum absolute atomic E-state index is 6.43. The zero-order valence-electron chi connectivity index (χ0n) is 12.5. The van der Waals surface area contributed by atoms with E-state index in [0.29, 0.717) is 10.0 Å². The van der Waals surface area contributed by atoms with E-state index in [0.717, 1.165) is 42.6 Å². The summed E-state index contributed by atoms with van der Waals surface area (Å²) in [5.41, 5.74) is 10.2. The molecule has 0 aliphatic rings. The topological polar surface area (TPSA) is 41.8 Å². The van der Waals surface area contributed by atoms with Gasteiger partial charge in [0, 0.05) is 25.1 Å². The van der Waals surface area contributed by atoms with Gasteiger partial charge >= 0.3 is 0 Å². The van der Waals surface area contributed by atoms with Gasteiger partial charge in [0.25, 0.3) is 0 Å². The van der Waals surface area contributed by atoms with E-state index in [4.69, 9.17) is 28.9 Å². The second-order valence-corrected chi connectivity index (χ2v) is 7.63. The average molecular weight is 459 g/mol. The Labute approximate surface area is 159 Å². The minimum absolute atomic E-state index is 0.647. The fraction of sp³-hybridized carbons (Fsp3) is 0.222. The maximum Gasteiger partial charge on any atom is 0.0514 e. The third-order valence-corrected chi connectivity index (χ3v) is 5.17. The van der Waals surface area contributed by atoms with Gasteiger partial charge in [-0.25, -0.2) is 0 Å². The smallest absolute Gasteiger partial charge is 0.0514 e. The zero-order chi connectivity index (χ0) is 16.4. The van der Waals surface area contributed by atoms with E-state index in [9.17, 15) is 0 Å². The van der Waals surface area contributed by atoms with Crippen LogP contribution in [0.1, 0.15) is 18.4 Å². The molecule has 23 heavy (non-hydrogen) atoms. The molecule has 0 atom stereocenters. The molecule has 3 aromatic rings. The molecule has 0 spiro atoms. The zero-order valence-corrected chi connectivity index (χ0v) is 16.2. The van der Waals surface area contributed by atoms with E-state index in [1.807, 2.05) is 12.1 Å². The molecule has 1 heterocycles. The molecule has 2 nitrogen and oxygen atoms in total. The standard InChI is InChI=1S/C18H17Cl2IN2/c19-11-4-6-14(16(20)9-11)18-13(3-1-2-8-22)15-10-12(21)5-7-17(15)23-18/h4-7,9-10,23H,1-3,8,22H2. The Balaban J connectivity index is 2.16. The van der Waals surface area contributed by atoms with Crippen LogP contribution >= 0.6 is 45.8 Å². The molecule has 0 amide bonds. The Morgan fingerprint density at radius 2 is 1.87 bits per heavy atom. The third kappa shape index (κ3) is 3.68. The highest BCUT2D eigenvalue weighted by Crippen LogP contribution is 2.36. The summed E-state index contributed by atoms with van der Waals surface area (Å²) in [4.78, 5) is 3.53. The molecule has 0 fully saturated rings. The Bertz CT molecular complexity index is 842. The second-order valence-electron chi connectivity index (χ2n) is 5.54. The van der Waals surface area contributed by atoms with E-state index < -0.39 is 0 Å². The number of fused-ring (bicyclic) bond motifs is 1. The van der Waals surface area contributed by atoms with Crippen LogP contribution in [0.4, 0.5) is 0 Å². The number of aromatic amines is 1. The van der Waals surface area contributed by atoms with Gasteiger partial charge in [0.05, 0.1) is 10.7 Å². The largest absolute Gasteiger partial charge is 0.354 e. The highest BCUT2D eigenvalue weighted by molar-refractivity contribution is 14.1. The average Bonchev–Trinajstić information content (AvgIpc) is 2.85. The number of nitrogens with two attached hydrogens (primary N) is 1. The number of rotatable bonds is 5. The number of nitrogens with one attached hydrogen (secondary N) is 1. The Morgan fingerprint density at radius 1 is 1.04 bits per heavy atom. The van der Waals surface area contributed by atoms with Crippen LogP contribution in [-0.2, 0) is 6.42 Å². The molecule has 1 aromatic heterocycles. The lowest BCUT2D eigenvalue weighted by Gasteiger charge is -2.07. The first-order chi connectivity index (χ1) is 11.1. The van der Waals surface area contributed by atoms with Gasteiger partial charge in [0.2, 0.25) is 0 Å². The van der Waals surface area contributed by atoms with Crippen molar-refractivity contribution in [3.63, 3.8) is 0 Å². The van der Waals surface area contributed by atoms with Crippen LogP contribution < -0.4 is 5.73 Å². The summed E-state index contributed by atoms with van der Waals surface area (Å²) in [5.74, 6) is 0. The first-order valence-corrected chi connectivity index (χ1v) is 9.39. The van der Waals surface area contributed by atoms with E-state index in [1.54, 1.807) is 6.07 Å². The van der Waals surface area contributed by atoms with E-state index in [-0.39, 0.29) is 0 Å². The first-order valence-electron chi connectivity index (χ1n) is 7.55. The minimum atomic E-state index is 0.647. The van der Waals surface area contributed by atoms with Crippen molar-refractivity contribution in [2.24, 2.45) is 5.73 Å². The molecule has 0 saturated carbocycles. The van der Waals surface area contributed by atoms with Crippen molar-refractivity contribution in [3.8, 4) is 11.3 Å². The molecular formula is C18H17Cl2IN2. The van der Waals surface area contributed by atoms with Crippen LogP contribution in [0.15, 0.2) is 36.4 Å². The Morgan fingerprint density at radius 3 is 2.61 bits per heavy atom. The van der Waals surface area contributed by atoms with Crippen LogP contribution in [0.2, 0.25) is 10.0 Å². The van der Waals surface area contributed by atoms with Crippen LogP contribution in [-0.4, -0.2) is 11.5 Å². The number of aromatic nitrogens is 1. The molecule has 0 unspecified atom stereocenters. The molecule has 5 heteroatoms. The summed E-state index contributed by atoms with van der Waals surface area (Å²) in [6.45, 7) is 0.719. The molecule has 0 radical (unpaired) electrons. The lowest BCUT2D eigenvalue weighted by atomic mass is 10.0. The summed E-state index contributed by atoms with van der Waals surface area (Å²) >= 11 is 14.8. The van der Waals surface area contributed by atoms with Crippen LogP contribution in [0.5, 0.6) is 0 Å². The van der Waals surface area contributed by atoms with E-state index >= 15 is 0 Å². The summed E-state index contributed by atoms with van der Waals surface area (Å²) in [6.07, 6.45) is 3.06. The number of benzene rings is 2. The van der Waals surface area contributed by atoms with Gasteiger partial charge in [-0.1, -0.05) is 23.2 Å². The summed E-state index contributed by atoms with van der Waals surface area (Å²) in [7, 11) is 0.